The van der Waals surface area contributed by atoms with Gasteiger partial charge in [0.15, 0.2) is 0 Å². The number of esters is 2. The van der Waals surface area contributed by atoms with Crippen molar-refractivity contribution in [3.8, 4) is 0 Å². The van der Waals surface area contributed by atoms with Gasteiger partial charge in [-0.05, 0) is 37.5 Å². The third-order valence-electron chi connectivity index (χ3n) is 5.56. The minimum Gasteiger partial charge on any atom is -0.469 e. The van der Waals surface area contributed by atoms with Gasteiger partial charge >= 0.3 is 24.3 Å². The zero-order valence-electron chi connectivity index (χ0n) is 24.5. The number of methoxy groups -OCH3 is 2. The van der Waals surface area contributed by atoms with E-state index in [0.29, 0.717) is 0 Å². The van der Waals surface area contributed by atoms with Crippen LogP contribution < -0.4 is 0 Å². The first-order valence-electron chi connectivity index (χ1n) is 12.2. The van der Waals surface area contributed by atoms with Gasteiger partial charge in [-0.1, -0.05) is 75.2 Å². The van der Waals surface area contributed by atoms with Gasteiger partial charge < -0.3 is 9.47 Å². The highest BCUT2D eigenvalue weighted by molar-refractivity contribution is 9.09. The molecule has 0 unspecified atom stereocenters. The second kappa shape index (κ2) is 19.3. The highest BCUT2D eigenvalue weighted by atomic mass is 79.9. The number of alkyl halides is 7. The second-order valence-corrected chi connectivity index (χ2v) is 10.8. The van der Waals surface area contributed by atoms with Gasteiger partial charge in [0.2, 0.25) is 0 Å². The molecule has 0 rings (SSSR count). The average Bonchev–Trinajstić information content (AvgIpc) is 2.77. The molecule has 0 aromatic heterocycles. The first kappa shape index (κ1) is 41.6. The molecule has 0 aliphatic rings. The van der Waals surface area contributed by atoms with Gasteiger partial charge in [0.1, 0.15) is 12.3 Å². The Bertz CT molecular complexity index is 786. The third-order valence-corrected chi connectivity index (χ3v) is 5.88. The Kier molecular flexibility index (Phi) is 20.6. The van der Waals surface area contributed by atoms with E-state index in [1.165, 1.54) is 32.6 Å². The number of hydrogen-bond acceptors (Lipinski definition) is 5. The minimum atomic E-state index is -4.50. The Labute approximate surface area is 237 Å². The van der Waals surface area contributed by atoms with E-state index < -0.39 is 47.6 Å². The maximum Gasteiger partial charge on any atom is 0.426 e. The Hall–Kier alpha value is -1.85. The molecular formula is C27H44BrF6NO4. The molecule has 0 spiro atoms. The first-order chi connectivity index (χ1) is 17.5. The van der Waals surface area contributed by atoms with Crippen molar-refractivity contribution < 1.29 is 45.4 Å². The van der Waals surface area contributed by atoms with E-state index in [9.17, 15) is 35.9 Å². The van der Waals surface area contributed by atoms with Crippen molar-refractivity contribution in [2.45, 2.75) is 80.2 Å². The molecule has 0 bridgehead atoms. The standard InChI is InChI=1S/C14H23F3O2.C8H12F3NO2.C5H9Br/c1-7-13(4,5)11(14(15,16)17)8-10(9(2)3)12(18)19-6;1-5(2)6(7(13)14-3)12-4-8(9,10)11;1-5(2)3-4-6/h7,9-11H,1,8H2,2-6H3;4-6H,1-3H3;3H,4H2,1-2H3/t10-,11-;6-;/m11./s1. The molecule has 5 nitrogen and oxygen atoms in total. The lowest BCUT2D eigenvalue weighted by molar-refractivity contribution is -0.203. The predicted octanol–water partition coefficient (Wildman–Crippen LogP) is 8.38. The van der Waals surface area contributed by atoms with Crippen LogP contribution in [-0.2, 0) is 19.1 Å². The molecule has 0 radical (unpaired) electrons. The average molecular weight is 641 g/mol. The summed E-state index contributed by atoms with van der Waals surface area (Å²) in [6.45, 7) is 17.2. The second-order valence-electron chi connectivity index (χ2n) is 10.2. The van der Waals surface area contributed by atoms with Gasteiger partial charge in [-0.3, -0.25) is 9.79 Å². The van der Waals surface area contributed by atoms with Crippen LogP contribution in [0.3, 0.4) is 0 Å². The molecular weight excluding hydrogens is 596 g/mol. The zero-order valence-corrected chi connectivity index (χ0v) is 26.1. The molecule has 0 N–H and O–H groups in total. The smallest absolute Gasteiger partial charge is 0.426 e. The topological polar surface area (TPSA) is 65.0 Å². The summed E-state index contributed by atoms with van der Waals surface area (Å²) >= 11 is 3.27. The molecule has 3 atom stereocenters. The molecule has 0 fully saturated rings. The largest absolute Gasteiger partial charge is 0.469 e. The molecule has 230 valence electrons. The fourth-order valence-corrected chi connectivity index (χ4v) is 3.64. The first-order valence-corrected chi connectivity index (χ1v) is 13.3. The Morgan fingerprint density at radius 2 is 1.38 bits per heavy atom. The normalized spacial score (nSPS) is 14.3. The summed E-state index contributed by atoms with van der Waals surface area (Å²) in [5.74, 6) is -4.29. The highest BCUT2D eigenvalue weighted by Crippen LogP contribution is 2.45. The van der Waals surface area contributed by atoms with Crippen LogP contribution >= 0.6 is 15.9 Å². The van der Waals surface area contributed by atoms with Gasteiger partial charge in [0.05, 0.1) is 26.1 Å². The van der Waals surface area contributed by atoms with Crippen molar-refractivity contribution in [1.29, 1.82) is 0 Å². The number of ether oxygens (including phenoxy) is 2. The fraction of sp³-hybridized carbons (Fsp3) is 0.741. The van der Waals surface area contributed by atoms with Crippen LogP contribution in [0.2, 0.25) is 0 Å². The van der Waals surface area contributed by atoms with Crippen LogP contribution in [0.25, 0.3) is 0 Å². The summed E-state index contributed by atoms with van der Waals surface area (Å²) in [6.07, 6.45) is -5.93. The zero-order chi connectivity index (χ0) is 31.8. The van der Waals surface area contributed by atoms with Crippen molar-refractivity contribution in [2.24, 2.45) is 34.1 Å². The van der Waals surface area contributed by atoms with Crippen LogP contribution in [-0.4, -0.2) is 56.1 Å². The number of aliphatic imine (C=N–C) groups is 1. The lowest BCUT2D eigenvalue weighted by atomic mass is 9.72. The number of nitrogens with zero attached hydrogens (tertiary/aromatic N) is 1. The Balaban J connectivity index is -0.000000566. The molecule has 0 aliphatic carbocycles. The van der Waals surface area contributed by atoms with Crippen molar-refractivity contribution >= 4 is 34.1 Å². The number of carbonyl (C=O) groups excluding carboxylic acids is 2. The van der Waals surface area contributed by atoms with Gasteiger partial charge in [0, 0.05) is 5.33 Å². The predicted molar refractivity (Wildman–Crippen MR) is 147 cm³/mol. The fourth-order valence-electron chi connectivity index (χ4n) is 2.99. The summed E-state index contributed by atoms with van der Waals surface area (Å²) in [4.78, 5) is 25.7. The number of carbonyl (C=O) groups is 2. The lowest BCUT2D eigenvalue weighted by Gasteiger charge is -2.35. The Morgan fingerprint density at radius 3 is 1.62 bits per heavy atom. The van der Waals surface area contributed by atoms with Crippen molar-refractivity contribution in [3.63, 3.8) is 0 Å². The van der Waals surface area contributed by atoms with Gasteiger partial charge in [-0.15, -0.1) is 6.58 Å². The van der Waals surface area contributed by atoms with Crippen molar-refractivity contribution in [1.82, 2.24) is 0 Å². The van der Waals surface area contributed by atoms with E-state index in [1.54, 1.807) is 27.7 Å². The lowest BCUT2D eigenvalue weighted by Crippen LogP contribution is -2.39. The molecule has 0 aliphatic heterocycles. The summed E-state index contributed by atoms with van der Waals surface area (Å²) < 4.78 is 83.7. The van der Waals surface area contributed by atoms with E-state index in [1.807, 2.05) is 0 Å². The third kappa shape index (κ3) is 19.8. The summed E-state index contributed by atoms with van der Waals surface area (Å²) in [5, 5.41) is 0.981. The van der Waals surface area contributed by atoms with E-state index >= 15 is 0 Å². The molecule has 0 heterocycles. The molecule has 12 heteroatoms. The maximum atomic E-state index is 13.2. The minimum absolute atomic E-state index is 0.186. The molecule has 0 amide bonds. The maximum absolute atomic E-state index is 13.2. The summed E-state index contributed by atoms with van der Waals surface area (Å²) in [7, 11) is 2.31. The van der Waals surface area contributed by atoms with Crippen LogP contribution in [0, 0.1) is 29.1 Å². The Morgan fingerprint density at radius 1 is 0.923 bits per heavy atom. The highest BCUT2D eigenvalue weighted by Gasteiger charge is 2.49. The number of halogens is 7. The van der Waals surface area contributed by atoms with E-state index in [-0.39, 0.29) is 24.5 Å². The van der Waals surface area contributed by atoms with Gasteiger partial charge in [-0.2, -0.15) is 26.3 Å². The quantitative estimate of drug-likeness (QED) is 0.0792. The van der Waals surface area contributed by atoms with E-state index in [4.69, 9.17) is 0 Å². The van der Waals surface area contributed by atoms with Crippen molar-refractivity contribution in [2.75, 3.05) is 19.5 Å². The molecule has 0 aromatic carbocycles. The number of rotatable bonds is 10. The molecule has 0 aromatic rings. The number of allylic oxidation sites excluding steroid dienone is 3. The van der Waals surface area contributed by atoms with Crippen molar-refractivity contribution in [3.05, 3.63) is 24.3 Å². The van der Waals surface area contributed by atoms with Gasteiger partial charge in [-0.25, -0.2) is 4.79 Å². The van der Waals surface area contributed by atoms with E-state index in [0.717, 1.165) is 12.4 Å². The van der Waals surface area contributed by atoms with Crippen LogP contribution in [0.4, 0.5) is 26.3 Å². The SMILES string of the molecule is C=CC(C)(C)[C@@H](C[C@@H](C(=O)OC)C(C)C)C(F)(F)F.CC(C)=CCBr.COC(=O)[C@H](N=CC(F)(F)F)C(C)C. The summed E-state index contributed by atoms with van der Waals surface area (Å²) in [5.41, 5.74) is 0.242. The monoisotopic (exact) mass is 639 g/mol. The van der Waals surface area contributed by atoms with Gasteiger partial charge in [0.25, 0.3) is 0 Å². The summed E-state index contributed by atoms with van der Waals surface area (Å²) in [6, 6.07) is -1.10. The van der Waals surface area contributed by atoms with E-state index in [2.05, 4.69) is 56.9 Å². The molecule has 39 heavy (non-hydrogen) atoms. The van der Waals surface area contributed by atoms with Crippen LogP contribution in [0.5, 0.6) is 0 Å². The van der Waals surface area contributed by atoms with Crippen LogP contribution in [0.1, 0.15) is 61.8 Å². The van der Waals surface area contributed by atoms with Crippen LogP contribution in [0.15, 0.2) is 29.3 Å². The number of hydrogen-bond donors (Lipinski definition) is 0. The molecule has 0 saturated carbocycles. The molecule has 0 saturated heterocycles.